The zero-order valence-electron chi connectivity index (χ0n) is 13.7. The van der Waals surface area contributed by atoms with Gasteiger partial charge in [-0.05, 0) is 56.7 Å². The van der Waals surface area contributed by atoms with Crippen molar-refractivity contribution in [3.8, 4) is 5.75 Å². The largest absolute Gasteiger partial charge is 0.487 e. The van der Waals surface area contributed by atoms with Crippen molar-refractivity contribution in [2.45, 2.75) is 33.0 Å². The molecular weight excluding hydrogens is 333 g/mol. The lowest BCUT2D eigenvalue weighted by molar-refractivity contribution is 0.0636. The van der Waals surface area contributed by atoms with Crippen LogP contribution in [0.2, 0.25) is 5.02 Å². The van der Waals surface area contributed by atoms with Crippen molar-refractivity contribution >= 4 is 23.4 Å². The molecule has 1 amide bonds. The lowest BCUT2D eigenvalue weighted by atomic mass is 10.2. The molecule has 0 aromatic heterocycles. The van der Waals surface area contributed by atoms with Gasteiger partial charge in [0.15, 0.2) is 0 Å². The molecular formula is C18H19ClFNO3. The Bertz CT molecular complexity index is 728. The fraction of sp³-hybridized carbons (Fsp3) is 0.278. The number of nitrogens with one attached hydrogen (secondary N) is 1. The maximum Gasteiger partial charge on any atom is 0.412 e. The molecule has 0 radical (unpaired) electrons. The molecule has 0 heterocycles. The molecule has 0 aliphatic heterocycles. The van der Waals surface area contributed by atoms with Gasteiger partial charge < -0.3 is 9.47 Å². The number of carbonyl (C=O) groups is 1. The second kappa shape index (κ2) is 7.53. The molecule has 0 bridgehead atoms. The van der Waals surface area contributed by atoms with E-state index in [1.54, 1.807) is 51.1 Å². The molecule has 24 heavy (non-hydrogen) atoms. The number of amides is 1. The van der Waals surface area contributed by atoms with Crippen LogP contribution in [0.15, 0.2) is 42.5 Å². The van der Waals surface area contributed by atoms with Gasteiger partial charge in [-0.2, -0.15) is 0 Å². The number of rotatable bonds is 4. The summed E-state index contributed by atoms with van der Waals surface area (Å²) in [6.07, 6.45) is -0.563. The van der Waals surface area contributed by atoms with Gasteiger partial charge >= 0.3 is 6.09 Å². The topological polar surface area (TPSA) is 47.6 Å². The highest BCUT2D eigenvalue weighted by Gasteiger charge is 2.16. The van der Waals surface area contributed by atoms with E-state index in [9.17, 15) is 9.18 Å². The van der Waals surface area contributed by atoms with Crippen LogP contribution in [0.1, 0.15) is 26.3 Å². The molecule has 6 heteroatoms. The van der Waals surface area contributed by atoms with Crippen molar-refractivity contribution in [3.05, 3.63) is 58.9 Å². The normalized spacial score (nSPS) is 11.0. The van der Waals surface area contributed by atoms with Crippen LogP contribution in [0.3, 0.4) is 0 Å². The van der Waals surface area contributed by atoms with Crippen molar-refractivity contribution in [1.82, 2.24) is 0 Å². The van der Waals surface area contributed by atoms with E-state index in [4.69, 9.17) is 21.1 Å². The quantitative estimate of drug-likeness (QED) is 0.801. The van der Waals surface area contributed by atoms with Gasteiger partial charge in [-0.1, -0.05) is 23.7 Å². The van der Waals surface area contributed by atoms with E-state index in [0.29, 0.717) is 22.0 Å². The summed E-state index contributed by atoms with van der Waals surface area (Å²) in [5.41, 5.74) is 0.608. The zero-order chi connectivity index (χ0) is 17.7. The summed E-state index contributed by atoms with van der Waals surface area (Å²) in [5, 5.41) is 2.93. The molecule has 0 atom stereocenters. The summed E-state index contributed by atoms with van der Waals surface area (Å²) in [7, 11) is 0. The second-order valence-electron chi connectivity index (χ2n) is 6.19. The molecule has 0 aliphatic carbocycles. The monoisotopic (exact) mass is 351 g/mol. The molecule has 2 rings (SSSR count). The average molecular weight is 352 g/mol. The van der Waals surface area contributed by atoms with E-state index in [1.807, 2.05) is 0 Å². The van der Waals surface area contributed by atoms with E-state index in [2.05, 4.69) is 5.32 Å². The van der Waals surface area contributed by atoms with Gasteiger partial charge in [-0.15, -0.1) is 0 Å². The Morgan fingerprint density at radius 2 is 1.96 bits per heavy atom. The third-order valence-corrected chi connectivity index (χ3v) is 3.16. The summed E-state index contributed by atoms with van der Waals surface area (Å²) in [6.45, 7) is 5.53. The minimum Gasteiger partial charge on any atom is -0.487 e. The average Bonchev–Trinajstić information content (AvgIpc) is 2.44. The van der Waals surface area contributed by atoms with Crippen LogP contribution in [-0.2, 0) is 11.3 Å². The molecule has 0 fully saturated rings. The smallest absolute Gasteiger partial charge is 0.412 e. The zero-order valence-corrected chi connectivity index (χ0v) is 14.5. The maximum absolute atomic E-state index is 13.1. The van der Waals surface area contributed by atoms with Gasteiger partial charge in [0.1, 0.15) is 23.8 Å². The first-order chi connectivity index (χ1) is 11.2. The number of carbonyl (C=O) groups excluding carboxylic acids is 1. The Morgan fingerprint density at radius 1 is 1.21 bits per heavy atom. The van der Waals surface area contributed by atoms with E-state index in [-0.39, 0.29) is 12.4 Å². The molecule has 0 unspecified atom stereocenters. The number of halogens is 2. The first-order valence-corrected chi connectivity index (χ1v) is 7.77. The van der Waals surface area contributed by atoms with E-state index < -0.39 is 11.7 Å². The third-order valence-electron chi connectivity index (χ3n) is 2.86. The minimum absolute atomic E-state index is 0.191. The maximum atomic E-state index is 13.1. The van der Waals surface area contributed by atoms with Crippen LogP contribution in [-0.4, -0.2) is 11.7 Å². The van der Waals surface area contributed by atoms with Gasteiger partial charge in [0.25, 0.3) is 0 Å². The second-order valence-corrected chi connectivity index (χ2v) is 6.60. The molecule has 128 valence electrons. The molecule has 0 saturated heterocycles. The van der Waals surface area contributed by atoms with Crippen LogP contribution < -0.4 is 10.1 Å². The lowest BCUT2D eigenvalue weighted by Crippen LogP contribution is -2.27. The summed E-state index contributed by atoms with van der Waals surface area (Å²) in [6, 6.07) is 11.0. The molecule has 2 aromatic rings. The Hall–Kier alpha value is -2.27. The lowest BCUT2D eigenvalue weighted by Gasteiger charge is -2.19. The highest BCUT2D eigenvalue weighted by molar-refractivity contribution is 6.32. The predicted molar refractivity (Wildman–Crippen MR) is 92.0 cm³/mol. The summed E-state index contributed by atoms with van der Waals surface area (Å²) < 4.78 is 23.9. The van der Waals surface area contributed by atoms with Crippen molar-refractivity contribution in [1.29, 1.82) is 0 Å². The first kappa shape index (κ1) is 18.1. The molecule has 4 nitrogen and oxygen atoms in total. The van der Waals surface area contributed by atoms with Crippen molar-refractivity contribution in [2.75, 3.05) is 5.32 Å². The van der Waals surface area contributed by atoms with Gasteiger partial charge in [0.2, 0.25) is 0 Å². The standard InChI is InChI=1S/C18H19ClFNO3/c1-18(2,3)24-17(22)21-14-7-8-16(15(19)10-14)23-11-12-5-4-6-13(20)9-12/h4-10H,11H2,1-3H3,(H,21,22). The van der Waals surface area contributed by atoms with Crippen LogP contribution in [0.25, 0.3) is 0 Å². The number of benzene rings is 2. The highest BCUT2D eigenvalue weighted by Crippen LogP contribution is 2.28. The third kappa shape index (κ3) is 5.74. The minimum atomic E-state index is -0.581. The number of ether oxygens (including phenoxy) is 2. The number of anilines is 1. The number of hydrogen-bond donors (Lipinski definition) is 1. The fourth-order valence-corrected chi connectivity index (χ4v) is 2.14. The van der Waals surface area contributed by atoms with Gasteiger partial charge in [-0.25, -0.2) is 9.18 Å². The number of hydrogen-bond acceptors (Lipinski definition) is 3. The molecule has 2 aromatic carbocycles. The molecule has 1 N–H and O–H groups in total. The first-order valence-electron chi connectivity index (χ1n) is 7.40. The SMILES string of the molecule is CC(C)(C)OC(=O)Nc1ccc(OCc2cccc(F)c2)c(Cl)c1. The fourth-order valence-electron chi connectivity index (χ4n) is 1.90. The molecule has 0 saturated carbocycles. The Morgan fingerprint density at radius 3 is 2.58 bits per heavy atom. The highest BCUT2D eigenvalue weighted by atomic mass is 35.5. The summed E-state index contributed by atoms with van der Waals surface area (Å²) in [4.78, 5) is 11.7. The van der Waals surface area contributed by atoms with Crippen LogP contribution in [0.5, 0.6) is 5.75 Å². The summed E-state index contributed by atoms with van der Waals surface area (Å²) in [5.74, 6) is 0.120. The van der Waals surface area contributed by atoms with Gasteiger partial charge in [-0.3, -0.25) is 5.32 Å². The van der Waals surface area contributed by atoms with Crippen LogP contribution in [0, 0.1) is 5.82 Å². The van der Waals surface area contributed by atoms with Gasteiger partial charge in [0.05, 0.1) is 5.02 Å². The van der Waals surface area contributed by atoms with Crippen LogP contribution in [0.4, 0.5) is 14.9 Å². The molecule has 0 aliphatic rings. The van der Waals surface area contributed by atoms with Crippen molar-refractivity contribution in [2.24, 2.45) is 0 Å². The van der Waals surface area contributed by atoms with Crippen LogP contribution >= 0.6 is 11.6 Å². The van der Waals surface area contributed by atoms with Crippen molar-refractivity contribution in [3.63, 3.8) is 0 Å². The van der Waals surface area contributed by atoms with Crippen molar-refractivity contribution < 1.29 is 18.7 Å². The Balaban J connectivity index is 1.98. The summed E-state index contributed by atoms with van der Waals surface area (Å²) >= 11 is 6.15. The van der Waals surface area contributed by atoms with Gasteiger partial charge in [0, 0.05) is 5.69 Å². The van der Waals surface area contributed by atoms with E-state index in [0.717, 1.165) is 0 Å². The molecule has 0 spiro atoms. The van der Waals surface area contributed by atoms with E-state index >= 15 is 0 Å². The predicted octanol–water partition coefficient (Wildman–Crippen LogP) is 5.41. The Labute approximate surface area is 145 Å². The Kier molecular flexibility index (Phi) is 5.67. The van der Waals surface area contributed by atoms with E-state index in [1.165, 1.54) is 12.1 Å².